The third-order valence-electron chi connectivity index (χ3n) is 2.42. The maximum atomic E-state index is 8.91. The van der Waals surface area contributed by atoms with Crippen LogP contribution in [-0.4, -0.2) is 28.8 Å². The van der Waals surface area contributed by atoms with Crippen LogP contribution in [0.3, 0.4) is 0 Å². The molecule has 0 radical (unpaired) electrons. The number of aliphatic hydroxyl groups excluding tert-OH is 1. The van der Waals surface area contributed by atoms with E-state index in [1.165, 1.54) is 0 Å². The third-order valence-corrected chi connectivity index (χ3v) is 2.42. The number of hydrogen-bond donors (Lipinski definition) is 1. The number of benzene rings is 1. The van der Waals surface area contributed by atoms with Crippen molar-refractivity contribution in [1.29, 1.82) is 0 Å². The summed E-state index contributed by atoms with van der Waals surface area (Å²) >= 11 is 0. The van der Waals surface area contributed by atoms with Gasteiger partial charge in [-0.25, -0.2) is 4.98 Å². The Bertz CT molecular complexity index is 500. The van der Waals surface area contributed by atoms with Crippen LogP contribution in [0, 0.1) is 0 Å². The van der Waals surface area contributed by atoms with Gasteiger partial charge in [-0.3, -0.25) is 0 Å². The summed E-state index contributed by atoms with van der Waals surface area (Å²) in [4.78, 5) is 8.47. The Morgan fingerprint density at radius 1 is 1.29 bits per heavy atom. The van der Waals surface area contributed by atoms with Gasteiger partial charge in [0.2, 0.25) is 5.88 Å². The van der Waals surface area contributed by atoms with Crippen molar-refractivity contribution in [1.82, 2.24) is 9.97 Å². The smallest absolute Gasteiger partial charge is 0.216 e. The lowest BCUT2D eigenvalue weighted by atomic mass is 10.1. The fourth-order valence-corrected chi connectivity index (χ4v) is 1.59. The number of methoxy groups -OCH3 is 1. The zero-order valence-corrected chi connectivity index (χ0v) is 9.63. The zero-order valence-electron chi connectivity index (χ0n) is 9.63. The zero-order chi connectivity index (χ0) is 12.1. The minimum Gasteiger partial charge on any atom is -0.481 e. The summed E-state index contributed by atoms with van der Waals surface area (Å²) < 4.78 is 5.06. The van der Waals surface area contributed by atoms with Crippen LogP contribution in [-0.2, 0) is 6.42 Å². The fraction of sp³-hybridized carbons (Fsp3) is 0.231. The highest BCUT2D eigenvalue weighted by Crippen LogP contribution is 2.18. The number of rotatable bonds is 4. The monoisotopic (exact) mass is 230 g/mol. The summed E-state index contributed by atoms with van der Waals surface area (Å²) in [5.74, 6) is 1.17. The molecule has 0 aliphatic carbocycles. The van der Waals surface area contributed by atoms with E-state index in [9.17, 15) is 0 Å². The van der Waals surface area contributed by atoms with Crippen molar-refractivity contribution >= 4 is 0 Å². The first kappa shape index (κ1) is 11.5. The van der Waals surface area contributed by atoms with Crippen LogP contribution < -0.4 is 4.74 Å². The lowest BCUT2D eigenvalue weighted by Gasteiger charge is -2.04. The van der Waals surface area contributed by atoms with Crippen LogP contribution >= 0.6 is 0 Å². The molecule has 17 heavy (non-hydrogen) atoms. The van der Waals surface area contributed by atoms with E-state index in [4.69, 9.17) is 9.84 Å². The summed E-state index contributed by atoms with van der Waals surface area (Å²) in [6.07, 6.45) is 2.30. The van der Waals surface area contributed by atoms with Gasteiger partial charge >= 0.3 is 0 Å². The quantitative estimate of drug-likeness (QED) is 0.868. The maximum Gasteiger partial charge on any atom is 0.216 e. The van der Waals surface area contributed by atoms with Crippen molar-refractivity contribution in [3.05, 3.63) is 42.1 Å². The average molecular weight is 230 g/mol. The van der Waals surface area contributed by atoms with Crippen molar-refractivity contribution in [3.8, 4) is 17.3 Å². The van der Waals surface area contributed by atoms with Crippen LogP contribution in [0.4, 0.5) is 0 Å². The molecule has 0 amide bonds. The third kappa shape index (κ3) is 2.79. The van der Waals surface area contributed by atoms with Gasteiger partial charge in [0.1, 0.15) is 0 Å². The van der Waals surface area contributed by atoms with E-state index in [1.54, 1.807) is 19.4 Å². The second kappa shape index (κ2) is 5.41. The largest absolute Gasteiger partial charge is 0.481 e. The van der Waals surface area contributed by atoms with E-state index in [-0.39, 0.29) is 6.61 Å². The van der Waals surface area contributed by atoms with E-state index < -0.39 is 0 Å². The van der Waals surface area contributed by atoms with Crippen LogP contribution in [0.25, 0.3) is 11.4 Å². The molecule has 4 nitrogen and oxygen atoms in total. The van der Waals surface area contributed by atoms with E-state index in [0.29, 0.717) is 18.1 Å². The summed E-state index contributed by atoms with van der Waals surface area (Å²) in [5, 5.41) is 8.91. The van der Waals surface area contributed by atoms with Crippen LogP contribution in [0.15, 0.2) is 36.5 Å². The first-order chi connectivity index (χ1) is 8.33. The Labute approximate surface area is 99.9 Å². The van der Waals surface area contributed by atoms with Gasteiger partial charge in [-0.1, -0.05) is 18.2 Å². The van der Waals surface area contributed by atoms with E-state index in [0.717, 1.165) is 11.1 Å². The molecule has 2 aromatic rings. The fourth-order valence-electron chi connectivity index (χ4n) is 1.59. The predicted molar refractivity (Wildman–Crippen MR) is 64.8 cm³/mol. The molecule has 0 unspecified atom stereocenters. The van der Waals surface area contributed by atoms with Gasteiger partial charge in [0, 0.05) is 24.4 Å². The second-order valence-electron chi connectivity index (χ2n) is 3.60. The number of aliphatic hydroxyl groups is 1. The maximum absolute atomic E-state index is 8.91. The summed E-state index contributed by atoms with van der Waals surface area (Å²) in [6.45, 7) is 0.141. The van der Waals surface area contributed by atoms with E-state index in [1.807, 2.05) is 24.3 Å². The van der Waals surface area contributed by atoms with Gasteiger partial charge in [0.25, 0.3) is 0 Å². The molecule has 0 bridgehead atoms. The molecule has 0 atom stereocenters. The molecule has 1 aromatic heterocycles. The molecule has 0 saturated carbocycles. The number of nitrogens with zero attached hydrogens (tertiary/aromatic N) is 2. The predicted octanol–water partition coefficient (Wildman–Crippen LogP) is 1.69. The van der Waals surface area contributed by atoms with Crippen LogP contribution in [0.5, 0.6) is 5.88 Å². The molecular weight excluding hydrogens is 216 g/mol. The van der Waals surface area contributed by atoms with Crippen molar-refractivity contribution < 1.29 is 9.84 Å². The Balaban J connectivity index is 2.34. The SMILES string of the molecule is COc1ccnc(-c2cccc(CCO)c2)n1. The summed E-state index contributed by atoms with van der Waals surface area (Å²) in [7, 11) is 1.58. The van der Waals surface area contributed by atoms with Crippen molar-refractivity contribution in [3.63, 3.8) is 0 Å². The van der Waals surface area contributed by atoms with Crippen molar-refractivity contribution in [2.24, 2.45) is 0 Å². The van der Waals surface area contributed by atoms with Gasteiger partial charge in [-0.2, -0.15) is 4.98 Å². The molecule has 4 heteroatoms. The molecular formula is C13H14N2O2. The Morgan fingerprint density at radius 2 is 2.18 bits per heavy atom. The second-order valence-corrected chi connectivity index (χ2v) is 3.60. The molecule has 0 aliphatic rings. The number of aromatic nitrogens is 2. The first-order valence-corrected chi connectivity index (χ1v) is 5.40. The number of ether oxygens (including phenoxy) is 1. The Morgan fingerprint density at radius 3 is 2.94 bits per heavy atom. The van der Waals surface area contributed by atoms with Gasteiger partial charge < -0.3 is 9.84 Å². The molecule has 1 heterocycles. The number of hydrogen-bond acceptors (Lipinski definition) is 4. The van der Waals surface area contributed by atoms with Crippen LogP contribution in [0.2, 0.25) is 0 Å². The molecule has 0 spiro atoms. The molecule has 0 fully saturated rings. The molecule has 1 N–H and O–H groups in total. The van der Waals surface area contributed by atoms with Crippen molar-refractivity contribution in [2.45, 2.75) is 6.42 Å². The van der Waals surface area contributed by atoms with Crippen LogP contribution in [0.1, 0.15) is 5.56 Å². The molecule has 0 aliphatic heterocycles. The minimum atomic E-state index is 0.141. The Kier molecular flexibility index (Phi) is 3.67. The summed E-state index contributed by atoms with van der Waals surface area (Å²) in [6, 6.07) is 9.53. The van der Waals surface area contributed by atoms with Gasteiger partial charge in [-0.05, 0) is 18.1 Å². The Hall–Kier alpha value is -1.94. The topological polar surface area (TPSA) is 55.2 Å². The van der Waals surface area contributed by atoms with E-state index >= 15 is 0 Å². The highest BCUT2D eigenvalue weighted by atomic mass is 16.5. The minimum absolute atomic E-state index is 0.141. The van der Waals surface area contributed by atoms with E-state index in [2.05, 4.69) is 9.97 Å². The molecule has 2 rings (SSSR count). The summed E-state index contributed by atoms with van der Waals surface area (Å²) in [5.41, 5.74) is 1.99. The highest BCUT2D eigenvalue weighted by Gasteiger charge is 2.03. The lowest BCUT2D eigenvalue weighted by Crippen LogP contribution is -1.95. The standard InChI is InChI=1S/C13H14N2O2/c1-17-12-5-7-14-13(15-12)11-4-2-3-10(9-11)6-8-16/h2-5,7,9,16H,6,8H2,1H3. The normalized spacial score (nSPS) is 10.2. The van der Waals surface area contributed by atoms with Gasteiger partial charge in [0.05, 0.1) is 7.11 Å². The van der Waals surface area contributed by atoms with Gasteiger partial charge in [-0.15, -0.1) is 0 Å². The molecule has 88 valence electrons. The molecule has 0 saturated heterocycles. The highest BCUT2D eigenvalue weighted by molar-refractivity contribution is 5.56. The van der Waals surface area contributed by atoms with Gasteiger partial charge in [0.15, 0.2) is 5.82 Å². The molecule has 1 aromatic carbocycles. The van der Waals surface area contributed by atoms with Crippen molar-refractivity contribution in [2.75, 3.05) is 13.7 Å². The first-order valence-electron chi connectivity index (χ1n) is 5.40. The average Bonchev–Trinajstić information content (AvgIpc) is 2.40. The lowest BCUT2D eigenvalue weighted by molar-refractivity contribution is 0.299.